The van der Waals surface area contributed by atoms with Crippen molar-refractivity contribution in [1.29, 1.82) is 0 Å². The second-order valence-electron chi connectivity index (χ2n) is 7.98. The molecule has 34 heavy (non-hydrogen) atoms. The maximum absolute atomic E-state index is 13.8. The van der Waals surface area contributed by atoms with Crippen LogP contribution in [0.4, 0.5) is 5.69 Å². The van der Waals surface area contributed by atoms with Crippen LogP contribution in [0.3, 0.4) is 0 Å². The Morgan fingerprint density at radius 1 is 0.941 bits per heavy atom. The van der Waals surface area contributed by atoms with E-state index in [1.165, 1.54) is 0 Å². The van der Waals surface area contributed by atoms with Crippen molar-refractivity contribution in [3.8, 4) is 11.5 Å². The molecule has 1 aliphatic heterocycles. The third kappa shape index (κ3) is 4.25. The molecule has 1 N–H and O–H groups in total. The van der Waals surface area contributed by atoms with Crippen molar-refractivity contribution >= 4 is 50.2 Å². The van der Waals surface area contributed by atoms with Gasteiger partial charge in [0.05, 0.1) is 36.4 Å². The molecule has 0 aliphatic carbocycles. The zero-order valence-electron chi connectivity index (χ0n) is 18.9. The van der Waals surface area contributed by atoms with Gasteiger partial charge < -0.3 is 14.6 Å². The Morgan fingerprint density at radius 3 is 2.26 bits per heavy atom. The summed E-state index contributed by atoms with van der Waals surface area (Å²) in [6.07, 6.45) is 1.37. The van der Waals surface area contributed by atoms with Gasteiger partial charge in [0, 0.05) is 9.86 Å². The minimum Gasteiger partial charge on any atom is -0.493 e. The van der Waals surface area contributed by atoms with Crippen molar-refractivity contribution in [3.63, 3.8) is 0 Å². The van der Waals surface area contributed by atoms with Crippen LogP contribution in [0.5, 0.6) is 11.5 Å². The molecule has 3 aromatic carbocycles. The molecule has 1 heterocycles. The van der Waals surface area contributed by atoms with E-state index >= 15 is 0 Å². The molecule has 3 aromatic rings. The lowest BCUT2D eigenvalue weighted by Gasteiger charge is -2.16. The molecular formula is C26H24BrNO6. The van der Waals surface area contributed by atoms with Gasteiger partial charge in [0.15, 0.2) is 0 Å². The van der Waals surface area contributed by atoms with Gasteiger partial charge in [0.2, 0.25) is 0 Å². The number of nitrogens with zero attached hydrogens (tertiary/aromatic N) is 1. The highest BCUT2D eigenvalue weighted by atomic mass is 79.9. The van der Waals surface area contributed by atoms with Gasteiger partial charge in [-0.2, -0.15) is 0 Å². The highest BCUT2D eigenvalue weighted by molar-refractivity contribution is 9.10. The maximum atomic E-state index is 13.8. The number of carbonyl (C=O) groups excluding carboxylic acids is 2. The van der Waals surface area contributed by atoms with Crippen molar-refractivity contribution in [2.45, 2.75) is 33.1 Å². The van der Waals surface area contributed by atoms with Crippen LogP contribution in [0, 0.1) is 0 Å². The van der Waals surface area contributed by atoms with E-state index in [4.69, 9.17) is 14.6 Å². The zero-order valence-corrected chi connectivity index (χ0v) is 20.5. The van der Waals surface area contributed by atoms with Crippen molar-refractivity contribution in [2.75, 3.05) is 18.1 Å². The average Bonchev–Trinajstić information content (AvgIpc) is 3.06. The van der Waals surface area contributed by atoms with Crippen LogP contribution < -0.4 is 14.4 Å². The number of carboxylic acid groups (broad SMARTS) is 1. The van der Waals surface area contributed by atoms with Crippen LogP contribution in [0.25, 0.3) is 10.8 Å². The van der Waals surface area contributed by atoms with Gasteiger partial charge in [-0.15, -0.1) is 0 Å². The molecular weight excluding hydrogens is 502 g/mol. The minimum atomic E-state index is -0.968. The first-order chi connectivity index (χ1) is 16.4. The van der Waals surface area contributed by atoms with E-state index in [-0.39, 0.29) is 17.5 Å². The van der Waals surface area contributed by atoms with E-state index in [0.717, 1.165) is 23.1 Å². The second kappa shape index (κ2) is 9.85. The van der Waals surface area contributed by atoms with Gasteiger partial charge in [-0.05, 0) is 64.0 Å². The lowest BCUT2D eigenvalue weighted by atomic mass is 9.98. The van der Waals surface area contributed by atoms with Crippen LogP contribution in [-0.2, 0) is 11.2 Å². The molecule has 0 atom stereocenters. The maximum Gasteiger partial charge on any atom is 0.307 e. The van der Waals surface area contributed by atoms with Crippen LogP contribution >= 0.6 is 15.9 Å². The van der Waals surface area contributed by atoms with Crippen molar-refractivity contribution in [2.24, 2.45) is 0 Å². The molecule has 7 nitrogen and oxygen atoms in total. The fourth-order valence-electron chi connectivity index (χ4n) is 4.03. The quantitative estimate of drug-likeness (QED) is 0.365. The molecule has 0 unspecified atom stereocenters. The van der Waals surface area contributed by atoms with E-state index < -0.39 is 17.8 Å². The van der Waals surface area contributed by atoms with Gasteiger partial charge in [-0.25, -0.2) is 4.90 Å². The Morgan fingerprint density at radius 2 is 1.62 bits per heavy atom. The first kappa shape index (κ1) is 23.8. The number of benzene rings is 3. The van der Waals surface area contributed by atoms with Gasteiger partial charge in [0.1, 0.15) is 11.5 Å². The predicted molar refractivity (Wildman–Crippen MR) is 132 cm³/mol. The summed E-state index contributed by atoms with van der Waals surface area (Å²) in [5.74, 6) is -1.05. The van der Waals surface area contributed by atoms with Gasteiger partial charge >= 0.3 is 5.97 Å². The summed E-state index contributed by atoms with van der Waals surface area (Å²) in [5, 5.41) is 10.4. The number of ether oxygens (including phenoxy) is 2. The number of fused-ring (bicyclic) bond motifs is 3. The van der Waals surface area contributed by atoms with Crippen LogP contribution in [0.1, 0.15) is 53.0 Å². The number of rotatable bonds is 9. The Kier molecular flexibility index (Phi) is 6.88. The topological polar surface area (TPSA) is 93.1 Å². The number of amides is 2. The average molecular weight is 526 g/mol. The monoisotopic (exact) mass is 525 g/mol. The molecule has 0 saturated heterocycles. The zero-order chi connectivity index (χ0) is 24.4. The number of halogens is 1. The van der Waals surface area contributed by atoms with Gasteiger partial charge in [-0.1, -0.05) is 32.0 Å². The molecule has 1 aliphatic rings. The summed E-state index contributed by atoms with van der Waals surface area (Å²) in [4.78, 5) is 39.6. The molecule has 0 saturated carbocycles. The second-order valence-corrected chi connectivity index (χ2v) is 8.83. The third-order valence-electron chi connectivity index (χ3n) is 5.46. The van der Waals surface area contributed by atoms with Crippen molar-refractivity contribution in [3.05, 3.63) is 63.6 Å². The lowest BCUT2D eigenvalue weighted by molar-refractivity contribution is -0.136. The van der Waals surface area contributed by atoms with Crippen LogP contribution in [0.2, 0.25) is 0 Å². The van der Waals surface area contributed by atoms with E-state index in [2.05, 4.69) is 15.9 Å². The number of hydrogen-bond acceptors (Lipinski definition) is 5. The molecule has 4 rings (SSSR count). The van der Waals surface area contributed by atoms with Crippen molar-refractivity contribution in [1.82, 2.24) is 0 Å². The van der Waals surface area contributed by atoms with Crippen LogP contribution in [-0.4, -0.2) is 36.1 Å². The molecule has 0 spiro atoms. The standard InChI is InChI=1S/C26H24BrNO6/c1-3-10-33-19-7-5-6-16-14-20(34-11-4-2)23-24(22(16)19)26(32)28(25(23)31)18-9-8-15(12-17(18)27)13-21(29)30/h5-9,12,14H,3-4,10-11,13H2,1-2H3,(H,29,30). The lowest BCUT2D eigenvalue weighted by Crippen LogP contribution is -2.29. The fraction of sp³-hybridized carbons (Fsp3) is 0.269. The SMILES string of the molecule is CCCOc1cc2cccc(OCCC)c2c2c1C(=O)N(c1ccc(CC(=O)O)cc1Br)C2=O. The smallest absolute Gasteiger partial charge is 0.307 e. The summed E-state index contributed by atoms with van der Waals surface area (Å²) in [5.41, 5.74) is 1.34. The number of carboxylic acids is 1. The number of aliphatic carboxylic acids is 1. The number of anilines is 1. The van der Waals surface area contributed by atoms with E-state index in [0.29, 0.717) is 45.8 Å². The summed E-state index contributed by atoms with van der Waals surface area (Å²) >= 11 is 3.41. The Hall–Kier alpha value is -3.39. The Labute approximate surface area is 205 Å². The number of imide groups is 1. The molecule has 0 aromatic heterocycles. The Bertz CT molecular complexity index is 1300. The first-order valence-corrected chi connectivity index (χ1v) is 11.9. The molecule has 0 bridgehead atoms. The number of carbonyl (C=O) groups is 3. The summed E-state index contributed by atoms with van der Waals surface area (Å²) < 4.78 is 12.3. The van der Waals surface area contributed by atoms with E-state index in [9.17, 15) is 14.4 Å². The molecule has 0 radical (unpaired) electrons. The Balaban J connectivity index is 1.89. The summed E-state index contributed by atoms with van der Waals surface area (Å²) in [6.45, 7) is 4.84. The number of hydrogen-bond donors (Lipinski definition) is 1. The molecule has 2 amide bonds. The predicted octanol–water partition coefficient (Wildman–Crippen LogP) is 5.61. The van der Waals surface area contributed by atoms with E-state index in [1.54, 1.807) is 30.3 Å². The fourth-order valence-corrected chi connectivity index (χ4v) is 4.64. The van der Waals surface area contributed by atoms with E-state index in [1.807, 2.05) is 26.0 Å². The molecule has 176 valence electrons. The highest BCUT2D eigenvalue weighted by Gasteiger charge is 2.42. The van der Waals surface area contributed by atoms with Gasteiger partial charge in [-0.3, -0.25) is 14.4 Å². The van der Waals surface area contributed by atoms with Crippen LogP contribution in [0.15, 0.2) is 46.9 Å². The third-order valence-corrected chi connectivity index (χ3v) is 6.09. The van der Waals surface area contributed by atoms with Gasteiger partial charge in [0.25, 0.3) is 11.8 Å². The largest absolute Gasteiger partial charge is 0.493 e. The van der Waals surface area contributed by atoms with Crippen molar-refractivity contribution < 1.29 is 29.0 Å². The normalized spacial score (nSPS) is 12.9. The summed E-state index contributed by atoms with van der Waals surface area (Å²) in [6, 6.07) is 12.1. The highest BCUT2D eigenvalue weighted by Crippen LogP contribution is 2.43. The molecule has 0 fully saturated rings. The summed E-state index contributed by atoms with van der Waals surface area (Å²) in [7, 11) is 0. The first-order valence-electron chi connectivity index (χ1n) is 11.1. The minimum absolute atomic E-state index is 0.168. The molecule has 8 heteroatoms.